The number of halogens is 1. The molecule has 0 saturated heterocycles. The second-order valence-electron chi connectivity index (χ2n) is 6.83. The Bertz CT molecular complexity index is 945. The Morgan fingerprint density at radius 2 is 1.83 bits per heavy atom. The lowest BCUT2D eigenvalue weighted by atomic mass is 10.1. The second-order valence-corrected chi connectivity index (χ2v) is 7.85. The molecule has 6 nitrogen and oxygen atoms in total. The Balaban J connectivity index is 1.74. The zero-order valence-electron chi connectivity index (χ0n) is 17.0. The van der Waals surface area contributed by atoms with Crippen LogP contribution in [0.2, 0.25) is 0 Å². The number of nitrogens with one attached hydrogen (secondary N) is 1. The van der Waals surface area contributed by atoms with Crippen LogP contribution in [0.1, 0.15) is 29.8 Å². The van der Waals surface area contributed by atoms with E-state index in [9.17, 15) is 18.8 Å². The Hall–Kier alpha value is -2.87. The van der Waals surface area contributed by atoms with Gasteiger partial charge in [0, 0.05) is 30.1 Å². The van der Waals surface area contributed by atoms with Crippen molar-refractivity contribution < 1.29 is 18.8 Å². The highest BCUT2D eigenvalue weighted by Crippen LogP contribution is 2.36. The van der Waals surface area contributed by atoms with E-state index in [1.807, 2.05) is 19.9 Å². The average Bonchev–Trinajstić information content (AvgIpc) is 2.75. The predicted molar refractivity (Wildman–Crippen MR) is 115 cm³/mol. The Morgan fingerprint density at radius 3 is 2.50 bits per heavy atom. The number of hydrogen-bond acceptors (Lipinski definition) is 4. The van der Waals surface area contributed by atoms with Crippen molar-refractivity contribution in [1.82, 2.24) is 10.2 Å². The molecule has 0 radical (unpaired) electrons. The zero-order valence-corrected chi connectivity index (χ0v) is 17.8. The molecule has 1 heterocycles. The highest BCUT2D eigenvalue weighted by Gasteiger charge is 2.28. The van der Waals surface area contributed by atoms with E-state index in [4.69, 9.17) is 0 Å². The molecule has 3 rings (SSSR count). The fraction of sp³-hybridized carbons (Fsp3) is 0.318. The largest absolute Gasteiger partial charge is 0.350 e. The number of anilines is 1. The van der Waals surface area contributed by atoms with Gasteiger partial charge in [0.1, 0.15) is 12.4 Å². The van der Waals surface area contributed by atoms with Gasteiger partial charge in [0.15, 0.2) is 0 Å². The molecule has 2 aromatic rings. The van der Waals surface area contributed by atoms with Crippen LogP contribution in [0, 0.1) is 5.82 Å². The van der Waals surface area contributed by atoms with Crippen LogP contribution in [0.3, 0.4) is 0 Å². The molecule has 0 spiro atoms. The van der Waals surface area contributed by atoms with Crippen LogP contribution in [-0.2, 0) is 16.1 Å². The zero-order chi connectivity index (χ0) is 21.7. The molecule has 0 bridgehead atoms. The van der Waals surface area contributed by atoms with Gasteiger partial charge in [0.25, 0.3) is 5.91 Å². The number of thioether (sulfide) groups is 1. The van der Waals surface area contributed by atoms with Gasteiger partial charge in [-0.2, -0.15) is 0 Å². The highest BCUT2D eigenvalue weighted by atomic mass is 32.2. The summed E-state index contributed by atoms with van der Waals surface area (Å²) in [4.78, 5) is 41.7. The summed E-state index contributed by atoms with van der Waals surface area (Å²) in [7, 11) is 0. The number of fused-ring (bicyclic) bond motifs is 1. The first kappa shape index (κ1) is 21.8. The SMILES string of the molecule is CCN(CC)C(=O)c1ccc2c(c1)N(CC(=O)NCc1ccc(F)cc1)C(=O)CS2. The molecule has 0 fully saturated rings. The summed E-state index contributed by atoms with van der Waals surface area (Å²) in [5, 5.41) is 2.75. The molecule has 3 amide bonds. The van der Waals surface area contributed by atoms with Gasteiger partial charge >= 0.3 is 0 Å². The lowest BCUT2D eigenvalue weighted by molar-refractivity contribution is -0.123. The third-order valence-corrected chi connectivity index (χ3v) is 5.95. The first-order valence-corrected chi connectivity index (χ1v) is 10.8. The Kier molecular flexibility index (Phi) is 7.10. The van der Waals surface area contributed by atoms with Crippen LogP contribution in [0.5, 0.6) is 0 Å². The van der Waals surface area contributed by atoms with E-state index in [-0.39, 0.29) is 42.4 Å². The van der Waals surface area contributed by atoms with Crippen molar-refractivity contribution in [2.24, 2.45) is 0 Å². The van der Waals surface area contributed by atoms with Crippen LogP contribution in [-0.4, -0.2) is 48.0 Å². The molecule has 0 aromatic heterocycles. The van der Waals surface area contributed by atoms with E-state index in [1.165, 1.54) is 28.8 Å². The van der Waals surface area contributed by atoms with Crippen LogP contribution < -0.4 is 10.2 Å². The molecule has 1 aliphatic rings. The summed E-state index contributed by atoms with van der Waals surface area (Å²) in [6.07, 6.45) is 0. The third-order valence-electron chi connectivity index (χ3n) is 4.90. The maximum absolute atomic E-state index is 13.0. The highest BCUT2D eigenvalue weighted by molar-refractivity contribution is 8.00. The number of benzene rings is 2. The predicted octanol–water partition coefficient (Wildman–Crippen LogP) is 3.06. The minimum Gasteiger partial charge on any atom is -0.350 e. The van der Waals surface area contributed by atoms with Crippen molar-refractivity contribution in [2.45, 2.75) is 25.3 Å². The number of rotatable bonds is 7. The maximum Gasteiger partial charge on any atom is 0.253 e. The Labute approximate surface area is 179 Å². The maximum atomic E-state index is 13.0. The molecule has 0 unspecified atom stereocenters. The van der Waals surface area contributed by atoms with E-state index in [1.54, 1.807) is 29.2 Å². The van der Waals surface area contributed by atoms with Crippen LogP contribution >= 0.6 is 11.8 Å². The quantitative estimate of drug-likeness (QED) is 0.735. The summed E-state index contributed by atoms with van der Waals surface area (Å²) < 4.78 is 13.0. The number of hydrogen-bond donors (Lipinski definition) is 1. The Morgan fingerprint density at radius 1 is 1.13 bits per heavy atom. The summed E-state index contributed by atoms with van der Waals surface area (Å²) in [6, 6.07) is 11.1. The molecule has 0 aliphatic carbocycles. The monoisotopic (exact) mass is 429 g/mol. The smallest absolute Gasteiger partial charge is 0.253 e. The van der Waals surface area contributed by atoms with E-state index in [0.717, 1.165) is 10.5 Å². The van der Waals surface area contributed by atoms with Crippen molar-refractivity contribution in [3.05, 3.63) is 59.4 Å². The number of carbonyl (C=O) groups excluding carboxylic acids is 3. The van der Waals surface area contributed by atoms with Crippen LogP contribution in [0.15, 0.2) is 47.4 Å². The minimum absolute atomic E-state index is 0.105. The lowest BCUT2D eigenvalue weighted by Gasteiger charge is -2.29. The fourth-order valence-electron chi connectivity index (χ4n) is 3.20. The number of carbonyl (C=O) groups is 3. The van der Waals surface area contributed by atoms with Crippen molar-refractivity contribution in [2.75, 3.05) is 30.3 Å². The normalized spacial score (nSPS) is 13.0. The lowest BCUT2D eigenvalue weighted by Crippen LogP contribution is -2.43. The molecule has 0 saturated carbocycles. The second kappa shape index (κ2) is 9.75. The van der Waals surface area contributed by atoms with Gasteiger partial charge in [0.2, 0.25) is 11.8 Å². The molecule has 2 aromatic carbocycles. The van der Waals surface area contributed by atoms with Gasteiger partial charge in [-0.1, -0.05) is 12.1 Å². The van der Waals surface area contributed by atoms with E-state index in [2.05, 4.69) is 5.32 Å². The van der Waals surface area contributed by atoms with Gasteiger partial charge in [0.05, 0.1) is 11.4 Å². The van der Waals surface area contributed by atoms with Gasteiger partial charge in [-0.15, -0.1) is 11.8 Å². The fourth-order valence-corrected chi connectivity index (χ4v) is 4.12. The third kappa shape index (κ3) is 4.99. The van der Waals surface area contributed by atoms with Crippen molar-refractivity contribution in [3.8, 4) is 0 Å². The molecule has 1 aliphatic heterocycles. The molecule has 1 N–H and O–H groups in total. The van der Waals surface area contributed by atoms with E-state index < -0.39 is 0 Å². The minimum atomic E-state index is -0.340. The summed E-state index contributed by atoms with van der Waals surface area (Å²) in [5.41, 5.74) is 1.83. The van der Waals surface area contributed by atoms with Crippen molar-refractivity contribution in [3.63, 3.8) is 0 Å². The topological polar surface area (TPSA) is 69.7 Å². The van der Waals surface area contributed by atoms with E-state index >= 15 is 0 Å². The van der Waals surface area contributed by atoms with Crippen LogP contribution in [0.4, 0.5) is 10.1 Å². The van der Waals surface area contributed by atoms with Crippen LogP contribution in [0.25, 0.3) is 0 Å². The first-order chi connectivity index (χ1) is 14.4. The van der Waals surface area contributed by atoms with Gasteiger partial charge < -0.3 is 15.1 Å². The molecule has 0 atom stereocenters. The summed E-state index contributed by atoms with van der Waals surface area (Å²) in [6.45, 7) is 5.11. The number of amides is 3. The van der Waals surface area contributed by atoms with Gasteiger partial charge in [-0.25, -0.2) is 4.39 Å². The van der Waals surface area contributed by atoms with Gasteiger partial charge in [-0.05, 0) is 49.7 Å². The van der Waals surface area contributed by atoms with Crippen molar-refractivity contribution in [1.29, 1.82) is 0 Å². The average molecular weight is 430 g/mol. The standard InChI is InChI=1S/C22H24FN3O3S/c1-3-25(4-2)22(29)16-7-10-19-18(11-16)26(21(28)14-30-19)13-20(27)24-12-15-5-8-17(23)9-6-15/h5-11H,3-4,12-14H2,1-2H3,(H,24,27). The molecule has 8 heteroatoms. The van der Waals surface area contributed by atoms with Crippen molar-refractivity contribution >= 4 is 35.2 Å². The van der Waals surface area contributed by atoms with E-state index in [0.29, 0.717) is 24.3 Å². The molecular formula is C22H24FN3O3S. The van der Waals surface area contributed by atoms with Gasteiger partial charge in [-0.3, -0.25) is 14.4 Å². The first-order valence-electron chi connectivity index (χ1n) is 9.80. The molecular weight excluding hydrogens is 405 g/mol. The number of nitrogens with zero attached hydrogens (tertiary/aromatic N) is 2. The summed E-state index contributed by atoms with van der Waals surface area (Å²) in [5.74, 6) is -0.718. The molecule has 30 heavy (non-hydrogen) atoms. The summed E-state index contributed by atoms with van der Waals surface area (Å²) >= 11 is 1.40. The molecule has 158 valence electrons.